The number of rotatable bonds is 7. The summed E-state index contributed by atoms with van der Waals surface area (Å²) in [5, 5.41) is 8.85. The number of carbonyl (C=O) groups is 2. The largest absolute Gasteiger partial charge is 0.480 e. The Balaban J connectivity index is 2.48. The average Bonchev–Trinajstić information content (AvgIpc) is 2.79. The molecule has 0 spiro atoms. The van der Waals surface area contributed by atoms with Gasteiger partial charge < -0.3 is 15.7 Å². The standard InChI is InChI=1S/C12H22N2O3/c13-8-4-3-7-11(15)14(9-12(16)17)10-5-1-2-6-10/h10H,1-9,13H2,(H,16,17). The molecule has 0 unspecified atom stereocenters. The lowest BCUT2D eigenvalue weighted by Crippen LogP contribution is -2.42. The molecule has 0 aromatic heterocycles. The molecule has 1 saturated carbocycles. The zero-order valence-electron chi connectivity index (χ0n) is 10.2. The number of unbranched alkanes of at least 4 members (excludes halogenated alkanes) is 1. The molecule has 3 N–H and O–H groups in total. The zero-order chi connectivity index (χ0) is 12.7. The van der Waals surface area contributed by atoms with Crippen molar-refractivity contribution in [3.63, 3.8) is 0 Å². The van der Waals surface area contributed by atoms with Crippen molar-refractivity contribution in [3.05, 3.63) is 0 Å². The molecule has 1 fully saturated rings. The molecule has 0 radical (unpaired) electrons. The van der Waals surface area contributed by atoms with Gasteiger partial charge in [-0.25, -0.2) is 0 Å². The summed E-state index contributed by atoms with van der Waals surface area (Å²) in [5.74, 6) is -0.961. The zero-order valence-corrected chi connectivity index (χ0v) is 10.2. The highest BCUT2D eigenvalue weighted by Crippen LogP contribution is 2.24. The van der Waals surface area contributed by atoms with E-state index in [1.54, 1.807) is 4.90 Å². The Labute approximate surface area is 102 Å². The number of nitrogens with two attached hydrogens (primary N) is 1. The Kier molecular flexibility index (Phi) is 5.97. The van der Waals surface area contributed by atoms with Crippen molar-refractivity contribution in [3.8, 4) is 0 Å². The first-order chi connectivity index (χ1) is 8.15. The van der Waals surface area contributed by atoms with Gasteiger partial charge in [0, 0.05) is 12.5 Å². The van der Waals surface area contributed by atoms with Crippen LogP contribution in [0, 0.1) is 0 Å². The second-order valence-electron chi connectivity index (χ2n) is 4.60. The summed E-state index contributed by atoms with van der Waals surface area (Å²) in [6, 6.07) is 0.136. The summed E-state index contributed by atoms with van der Waals surface area (Å²) in [4.78, 5) is 24.3. The number of carbonyl (C=O) groups excluding carboxylic acids is 1. The first-order valence-corrected chi connectivity index (χ1v) is 6.36. The number of amides is 1. The summed E-state index contributed by atoms with van der Waals surface area (Å²) in [6.45, 7) is 0.418. The van der Waals surface area contributed by atoms with Crippen molar-refractivity contribution in [1.82, 2.24) is 4.90 Å². The lowest BCUT2D eigenvalue weighted by molar-refractivity contribution is -0.146. The molecule has 0 atom stereocenters. The van der Waals surface area contributed by atoms with Gasteiger partial charge in [0.1, 0.15) is 6.54 Å². The van der Waals surface area contributed by atoms with Gasteiger partial charge in [-0.3, -0.25) is 9.59 Å². The van der Waals surface area contributed by atoms with Crippen molar-refractivity contribution in [2.45, 2.75) is 51.0 Å². The third kappa shape index (κ3) is 4.73. The third-order valence-corrected chi connectivity index (χ3v) is 3.24. The summed E-state index contributed by atoms with van der Waals surface area (Å²) < 4.78 is 0. The van der Waals surface area contributed by atoms with Crippen LogP contribution in [0.2, 0.25) is 0 Å². The van der Waals surface area contributed by atoms with E-state index in [9.17, 15) is 9.59 Å². The second kappa shape index (κ2) is 7.27. The molecule has 0 aliphatic heterocycles. The van der Waals surface area contributed by atoms with E-state index in [0.717, 1.165) is 38.5 Å². The monoisotopic (exact) mass is 242 g/mol. The average molecular weight is 242 g/mol. The summed E-state index contributed by atoms with van der Waals surface area (Å²) in [7, 11) is 0. The number of aliphatic carboxylic acids is 1. The summed E-state index contributed by atoms with van der Waals surface area (Å²) >= 11 is 0. The van der Waals surface area contributed by atoms with E-state index in [4.69, 9.17) is 10.8 Å². The van der Waals surface area contributed by atoms with Gasteiger partial charge >= 0.3 is 5.97 Å². The van der Waals surface area contributed by atoms with E-state index in [-0.39, 0.29) is 18.5 Å². The van der Waals surface area contributed by atoms with E-state index in [2.05, 4.69) is 0 Å². The van der Waals surface area contributed by atoms with Gasteiger partial charge in [-0.2, -0.15) is 0 Å². The highest BCUT2D eigenvalue weighted by atomic mass is 16.4. The maximum absolute atomic E-state index is 12.0. The predicted molar refractivity (Wildman–Crippen MR) is 64.5 cm³/mol. The molecule has 5 nitrogen and oxygen atoms in total. The van der Waals surface area contributed by atoms with E-state index >= 15 is 0 Å². The molecule has 1 rings (SSSR count). The van der Waals surface area contributed by atoms with Gasteiger partial charge in [0.2, 0.25) is 5.91 Å². The van der Waals surface area contributed by atoms with E-state index < -0.39 is 5.97 Å². The molecule has 1 amide bonds. The van der Waals surface area contributed by atoms with Crippen LogP contribution in [-0.2, 0) is 9.59 Å². The lowest BCUT2D eigenvalue weighted by Gasteiger charge is -2.27. The van der Waals surface area contributed by atoms with Crippen LogP contribution >= 0.6 is 0 Å². The van der Waals surface area contributed by atoms with Gasteiger partial charge in [0.05, 0.1) is 0 Å². The first-order valence-electron chi connectivity index (χ1n) is 6.36. The van der Waals surface area contributed by atoms with Crippen LogP contribution in [0.3, 0.4) is 0 Å². The minimum Gasteiger partial charge on any atom is -0.480 e. The summed E-state index contributed by atoms with van der Waals surface area (Å²) in [6.07, 6.45) is 6.05. The van der Waals surface area contributed by atoms with Gasteiger partial charge in [-0.15, -0.1) is 0 Å². The molecule has 0 aromatic rings. The Morgan fingerprint density at radius 3 is 2.41 bits per heavy atom. The van der Waals surface area contributed by atoms with E-state index in [1.807, 2.05) is 0 Å². The fourth-order valence-corrected chi connectivity index (χ4v) is 2.35. The minimum absolute atomic E-state index is 0.0345. The van der Waals surface area contributed by atoms with E-state index in [1.165, 1.54) is 0 Å². The fraction of sp³-hybridized carbons (Fsp3) is 0.833. The van der Waals surface area contributed by atoms with Crippen molar-refractivity contribution in [2.24, 2.45) is 5.73 Å². The predicted octanol–water partition coefficient (Wildman–Crippen LogP) is 0.971. The van der Waals surface area contributed by atoms with Gasteiger partial charge in [0.15, 0.2) is 0 Å². The summed E-state index contributed by atoms with van der Waals surface area (Å²) in [5.41, 5.74) is 5.37. The van der Waals surface area contributed by atoms with Gasteiger partial charge in [-0.1, -0.05) is 12.8 Å². The highest BCUT2D eigenvalue weighted by Gasteiger charge is 2.27. The Bertz CT molecular complexity index is 262. The third-order valence-electron chi connectivity index (χ3n) is 3.24. The van der Waals surface area contributed by atoms with E-state index in [0.29, 0.717) is 13.0 Å². The number of hydrogen-bond donors (Lipinski definition) is 2. The van der Waals surface area contributed by atoms with Crippen LogP contribution in [0.4, 0.5) is 0 Å². The van der Waals surface area contributed by atoms with Gasteiger partial charge in [-0.05, 0) is 32.2 Å². The molecule has 5 heteroatoms. The molecule has 1 aliphatic rings. The normalized spacial score (nSPS) is 16.1. The van der Waals surface area contributed by atoms with Crippen LogP contribution in [0.5, 0.6) is 0 Å². The van der Waals surface area contributed by atoms with Crippen LogP contribution < -0.4 is 5.73 Å². The fourth-order valence-electron chi connectivity index (χ4n) is 2.35. The molecule has 1 aliphatic carbocycles. The second-order valence-corrected chi connectivity index (χ2v) is 4.60. The number of hydrogen-bond acceptors (Lipinski definition) is 3. The molecular weight excluding hydrogens is 220 g/mol. The first kappa shape index (κ1) is 14.0. The molecule has 0 aromatic carbocycles. The smallest absolute Gasteiger partial charge is 0.323 e. The van der Waals surface area contributed by atoms with Crippen molar-refractivity contribution in [1.29, 1.82) is 0 Å². The molecule has 17 heavy (non-hydrogen) atoms. The number of carboxylic acids is 1. The minimum atomic E-state index is -0.927. The topological polar surface area (TPSA) is 83.6 Å². The van der Waals surface area contributed by atoms with Crippen molar-refractivity contribution in [2.75, 3.05) is 13.1 Å². The van der Waals surface area contributed by atoms with Crippen LogP contribution in [0.1, 0.15) is 44.9 Å². The maximum Gasteiger partial charge on any atom is 0.323 e. The maximum atomic E-state index is 12.0. The van der Waals surface area contributed by atoms with Gasteiger partial charge in [0.25, 0.3) is 0 Å². The molecule has 98 valence electrons. The molecule has 0 bridgehead atoms. The number of nitrogens with zero attached hydrogens (tertiary/aromatic N) is 1. The number of carboxylic acid groups (broad SMARTS) is 1. The van der Waals surface area contributed by atoms with Crippen LogP contribution in [0.15, 0.2) is 0 Å². The van der Waals surface area contributed by atoms with Crippen LogP contribution in [-0.4, -0.2) is 41.0 Å². The van der Waals surface area contributed by atoms with Crippen LogP contribution in [0.25, 0.3) is 0 Å². The van der Waals surface area contributed by atoms with Crippen molar-refractivity contribution < 1.29 is 14.7 Å². The Hall–Kier alpha value is -1.10. The SMILES string of the molecule is NCCCCC(=O)N(CC(=O)O)C1CCCC1. The Morgan fingerprint density at radius 1 is 1.24 bits per heavy atom. The molecule has 0 saturated heterocycles. The molecule has 0 heterocycles. The Morgan fingerprint density at radius 2 is 1.88 bits per heavy atom. The lowest BCUT2D eigenvalue weighted by atomic mass is 10.1. The highest BCUT2D eigenvalue weighted by molar-refractivity contribution is 5.81. The molecular formula is C12H22N2O3. The quantitative estimate of drug-likeness (QED) is 0.652. The van der Waals surface area contributed by atoms with Crippen molar-refractivity contribution >= 4 is 11.9 Å².